The molecule has 4 saturated carbocycles. The molecule has 4 rings (SSSR count). The van der Waals surface area contributed by atoms with Crippen molar-refractivity contribution in [3.63, 3.8) is 0 Å². The average molecular weight is 443 g/mol. The van der Waals surface area contributed by atoms with Crippen LogP contribution in [0.3, 0.4) is 0 Å². The van der Waals surface area contributed by atoms with E-state index in [1.165, 1.54) is 64.2 Å². The Bertz CT molecular complexity index is 535. The van der Waals surface area contributed by atoms with Crippen molar-refractivity contribution >= 4 is 0 Å². The van der Waals surface area contributed by atoms with Crippen LogP contribution in [0.1, 0.15) is 150 Å². The zero-order valence-electron chi connectivity index (χ0n) is 22.6. The Hall–Kier alpha value is 0. The van der Waals surface area contributed by atoms with E-state index >= 15 is 0 Å². The molecular weight excluding hydrogens is 384 g/mol. The van der Waals surface area contributed by atoms with E-state index in [4.69, 9.17) is 0 Å². The second-order valence-electron chi connectivity index (χ2n) is 14.4. The largest absolute Gasteiger partial charge is 0.0620 e. The SMILES string of the molecule is CC1C(CCCCC2CCCC(C(C)(C)C)C2)CCC1CC1CCC(C2CCCCC2)C1. The number of hydrogen-bond acceptors (Lipinski definition) is 0. The maximum atomic E-state index is 2.64. The molecule has 4 aliphatic rings. The molecule has 7 atom stereocenters. The fourth-order valence-electron chi connectivity index (χ4n) is 9.05. The van der Waals surface area contributed by atoms with Crippen molar-refractivity contribution in [1.29, 1.82) is 0 Å². The molecule has 0 nitrogen and oxygen atoms in total. The van der Waals surface area contributed by atoms with Crippen LogP contribution >= 0.6 is 0 Å². The fourth-order valence-corrected chi connectivity index (χ4v) is 9.05. The highest BCUT2D eigenvalue weighted by Crippen LogP contribution is 2.48. The van der Waals surface area contributed by atoms with Crippen molar-refractivity contribution in [2.45, 2.75) is 150 Å². The van der Waals surface area contributed by atoms with Crippen LogP contribution in [0, 0.1) is 52.8 Å². The van der Waals surface area contributed by atoms with Crippen LogP contribution in [0.5, 0.6) is 0 Å². The lowest BCUT2D eigenvalue weighted by molar-refractivity contribution is 0.135. The van der Waals surface area contributed by atoms with Gasteiger partial charge in [-0.2, -0.15) is 0 Å². The minimum absolute atomic E-state index is 0.530. The normalized spacial score (nSPS) is 39.6. The van der Waals surface area contributed by atoms with E-state index in [2.05, 4.69) is 27.7 Å². The van der Waals surface area contributed by atoms with Crippen LogP contribution in [0.25, 0.3) is 0 Å². The summed E-state index contributed by atoms with van der Waals surface area (Å²) in [6, 6.07) is 0. The molecule has 0 aromatic rings. The van der Waals surface area contributed by atoms with Crippen molar-refractivity contribution in [2.24, 2.45) is 52.8 Å². The third kappa shape index (κ3) is 6.78. The van der Waals surface area contributed by atoms with E-state index in [0.717, 1.165) is 47.3 Å². The van der Waals surface area contributed by atoms with Crippen molar-refractivity contribution in [3.8, 4) is 0 Å². The summed E-state index contributed by atoms with van der Waals surface area (Å²) in [6.45, 7) is 10.1. The van der Waals surface area contributed by atoms with Gasteiger partial charge in [-0.15, -0.1) is 0 Å². The molecular formula is C32H58. The summed E-state index contributed by atoms with van der Waals surface area (Å²) in [6.07, 6.45) is 29.3. The van der Waals surface area contributed by atoms with Gasteiger partial charge >= 0.3 is 0 Å². The Kier molecular flexibility index (Phi) is 9.12. The van der Waals surface area contributed by atoms with E-state index < -0.39 is 0 Å². The minimum atomic E-state index is 0.530. The van der Waals surface area contributed by atoms with Crippen molar-refractivity contribution in [3.05, 3.63) is 0 Å². The molecule has 0 heterocycles. The van der Waals surface area contributed by atoms with Gasteiger partial charge in [-0.3, -0.25) is 0 Å². The molecule has 32 heavy (non-hydrogen) atoms. The van der Waals surface area contributed by atoms with E-state index in [9.17, 15) is 0 Å². The zero-order chi connectivity index (χ0) is 22.6. The molecule has 7 unspecified atom stereocenters. The van der Waals surface area contributed by atoms with Gasteiger partial charge in [0, 0.05) is 0 Å². The molecule has 4 aliphatic carbocycles. The smallest absolute Gasteiger partial charge is 0.0354 e. The van der Waals surface area contributed by atoms with Gasteiger partial charge < -0.3 is 0 Å². The highest BCUT2D eigenvalue weighted by atomic mass is 14.4. The Balaban J connectivity index is 1.11. The van der Waals surface area contributed by atoms with Gasteiger partial charge in [0.05, 0.1) is 0 Å². The van der Waals surface area contributed by atoms with Crippen LogP contribution in [-0.2, 0) is 0 Å². The first kappa shape index (κ1) is 25.1. The lowest BCUT2D eigenvalue weighted by atomic mass is 9.68. The standard InChI is InChI=1S/C32H58/c1-24-27(13-9-8-11-25-12-10-16-31(23-25)32(2,3)4)19-20-29(24)21-26-17-18-30(22-26)28-14-6-5-7-15-28/h24-31H,5-23H2,1-4H3. The van der Waals surface area contributed by atoms with Gasteiger partial charge in [-0.05, 0) is 97.7 Å². The van der Waals surface area contributed by atoms with E-state index in [-0.39, 0.29) is 0 Å². The topological polar surface area (TPSA) is 0 Å². The summed E-state index contributed by atoms with van der Waals surface area (Å²) in [4.78, 5) is 0. The summed E-state index contributed by atoms with van der Waals surface area (Å²) in [5.41, 5.74) is 0.530. The first-order valence-corrected chi connectivity index (χ1v) is 15.4. The van der Waals surface area contributed by atoms with E-state index in [1.807, 2.05) is 0 Å². The van der Waals surface area contributed by atoms with Crippen LogP contribution < -0.4 is 0 Å². The molecule has 4 fully saturated rings. The van der Waals surface area contributed by atoms with Crippen molar-refractivity contribution < 1.29 is 0 Å². The van der Waals surface area contributed by atoms with Crippen LogP contribution in [0.2, 0.25) is 0 Å². The molecule has 0 radical (unpaired) electrons. The summed E-state index contributed by atoms with van der Waals surface area (Å²) >= 11 is 0. The second-order valence-corrected chi connectivity index (χ2v) is 14.4. The van der Waals surface area contributed by atoms with Crippen molar-refractivity contribution in [1.82, 2.24) is 0 Å². The summed E-state index contributed by atoms with van der Waals surface area (Å²) < 4.78 is 0. The van der Waals surface area contributed by atoms with Gasteiger partial charge in [0.1, 0.15) is 0 Å². The predicted octanol–water partition coefficient (Wildman–Crippen LogP) is 10.4. The molecule has 0 spiro atoms. The van der Waals surface area contributed by atoms with E-state index in [0.29, 0.717) is 5.41 Å². The quantitative estimate of drug-likeness (QED) is 0.328. The van der Waals surface area contributed by atoms with E-state index in [1.54, 1.807) is 57.8 Å². The van der Waals surface area contributed by atoms with Gasteiger partial charge in [-0.1, -0.05) is 105 Å². The zero-order valence-corrected chi connectivity index (χ0v) is 22.6. The molecule has 0 heteroatoms. The maximum absolute atomic E-state index is 2.64. The molecule has 0 aromatic heterocycles. The first-order valence-electron chi connectivity index (χ1n) is 15.4. The van der Waals surface area contributed by atoms with Gasteiger partial charge in [-0.25, -0.2) is 0 Å². The lowest BCUT2D eigenvalue weighted by Crippen LogP contribution is -2.26. The number of unbranched alkanes of at least 4 members (excludes halogenated alkanes) is 1. The number of rotatable bonds is 8. The molecule has 186 valence electrons. The average Bonchev–Trinajstić information content (AvgIpc) is 3.39. The maximum Gasteiger partial charge on any atom is -0.0354 e. The second kappa shape index (κ2) is 11.6. The third-order valence-corrected chi connectivity index (χ3v) is 11.4. The molecule has 0 aromatic carbocycles. The monoisotopic (exact) mass is 442 g/mol. The summed E-state index contributed by atoms with van der Waals surface area (Å²) in [5, 5.41) is 0. The van der Waals surface area contributed by atoms with Crippen LogP contribution in [0.15, 0.2) is 0 Å². The minimum Gasteiger partial charge on any atom is -0.0620 e. The van der Waals surface area contributed by atoms with Crippen molar-refractivity contribution in [2.75, 3.05) is 0 Å². The molecule has 0 saturated heterocycles. The third-order valence-electron chi connectivity index (χ3n) is 11.4. The molecule has 0 N–H and O–H groups in total. The first-order chi connectivity index (χ1) is 15.4. The van der Waals surface area contributed by atoms with Gasteiger partial charge in [0.25, 0.3) is 0 Å². The van der Waals surface area contributed by atoms with Crippen LogP contribution in [-0.4, -0.2) is 0 Å². The fraction of sp³-hybridized carbons (Fsp3) is 1.00. The van der Waals surface area contributed by atoms with Gasteiger partial charge in [0.15, 0.2) is 0 Å². The predicted molar refractivity (Wildman–Crippen MR) is 141 cm³/mol. The Morgan fingerprint density at radius 3 is 2.12 bits per heavy atom. The van der Waals surface area contributed by atoms with Crippen LogP contribution in [0.4, 0.5) is 0 Å². The molecule has 0 amide bonds. The van der Waals surface area contributed by atoms with Gasteiger partial charge in [0.2, 0.25) is 0 Å². The molecule has 0 aliphatic heterocycles. The Labute approximate surface area is 202 Å². The highest BCUT2D eigenvalue weighted by Gasteiger charge is 2.37. The highest BCUT2D eigenvalue weighted by molar-refractivity contribution is 4.88. The Morgan fingerprint density at radius 2 is 1.34 bits per heavy atom. The lowest BCUT2D eigenvalue weighted by Gasteiger charge is -2.37. The Morgan fingerprint density at radius 1 is 0.594 bits per heavy atom. The number of hydrogen-bond donors (Lipinski definition) is 0. The molecule has 0 bridgehead atoms. The summed E-state index contributed by atoms with van der Waals surface area (Å²) in [7, 11) is 0. The summed E-state index contributed by atoms with van der Waals surface area (Å²) in [5.74, 6) is 8.49.